The molecular formula is C19H32N2O3. The Balaban J connectivity index is 1.56. The summed E-state index contributed by atoms with van der Waals surface area (Å²) in [7, 11) is 0. The quantitative estimate of drug-likeness (QED) is 0.774. The van der Waals surface area contributed by atoms with E-state index in [4.69, 9.17) is 4.74 Å². The Morgan fingerprint density at radius 2 is 2.00 bits per heavy atom. The molecule has 0 N–H and O–H groups in total. The zero-order valence-electron chi connectivity index (χ0n) is 15.2. The maximum absolute atomic E-state index is 12.9. The molecule has 2 heterocycles. The molecule has 0 spiro atoms. The second-order valence-electron chi connectivity index (χ2n) is 7.97. The molecule has 0 radical (unpaired) electrons. The van der Waals surface area contributed by atoms with Gasteiger partial charge in [-0.3, -0.25) is 9.59 Å². The van der Waals surface area contributed by atoms with E-state index in [0.717, 1.165) is 51.5 Å². The highest BCUT2D eigenvalue weighted by Gasteiger charge is 2.40. The van der Waals surface area contributed by atoms with Gasteiger partial charge < -0.3 is 14.5 Å². The Hall–Kier alpha value is -1.10. The van der Waals surface area contributed by atoms with Crippen molar-refractivity contribution in [1.82, 2.24) is 9.80 Å². The van der Waals surface area contributed by atoms with Crippen molar-refractivity contribution in [3.05, 3.63) is 0 Å². The molecule has 3 rings (SSSR count). The maximum atomic E-state index is 12.9. The largest absolute Gasteiger partial charge is 0.381 e. The van der Waals surface area contributed by atoms with Crippen LogP contribution in [0.15, 0.2) is 0 Å². The zero-order chi connectivity index (χ0) is 17.1. The van der Waals surface area contributed by atoms with E-state index in [-0.39, 0.29) is 17.7 Å². The Bertz CT molecular complexity index is 454. The van der Waals surface area contributed by atoms with Crippen LogP contribution in [-0.2, 0) is 14.3 Å². The number of amides is 2. The zero-order valence-corrected chi connectivity index (χ0v) is 15.2. The molecule has 1 saturated carbocycles. The van der Waals surface area contributed by atoms with Crippen LogP contribution in [0.1, 0.15) is 52.4 Å². The molecule has 0 aromatic heterocycles. The summed E-state index contributed by atoms with van der Waals surface area (Å²) in [4.78, 5) is 29.3. The molecule has 2 atom stereocenters. The monoisotopic (exact) mass is 336 g/mol. The van der Waals surface area contributed by atoms with Gasteiger partial charge in [0.25, 0.3) is 0 Å². The molecule has 24 heavy (non-hydrogen) atoms. The molecule has 2 amide bonds. The van der Waals surface area contributed by atoms with E-state index in [1.165, 1.54) is 12.8 Å². The number of carbonyl (C=O) groups excluding carboxylic acids is 2. The molecule has 0 aromatic carbocycles. The van der Waals surface area contributed by atoms with Crippen molar-refractivity contribution in [1.29, 1.82) is 0 Å². The second kappa shape index (κ2) is 7.85. The van der Waals surface area contributed by atoms with Crippen LogP contribution < -0.4 is 0 Å². The van der Waals surface area contributed by atoms with Gasteiger partial charge in [0.1, 0.15) is 0 Å². The first-order valence-corrected chi connectivity index (χ1v) is 9.74. The van der Waals surface area contributed by atoms with Gasteiger partial charge in [0.05, 0.1) is 12.5 Å². The van der Waals surface area contributed by atoms with Gasteiger partial charge in [0.15, 0.2) is 0 Å². The highest BCUT2D eigenvalue weighted by molar-refractivity contribution is 5.89. The molecule has 2 saturated heterocycles. The van der Waals surface area contributed by atoms with Crippen LogP contribution in [0.25, 0.3) is 0 Å². The molecule has 1 aliphatic carbocycles. The summed E-state index contributed by atoms with van der Waals surface area (Å²) in [5, 5.41) is 0. The summed E-state index contributed by atoms with van der Waals surface area (Å²) >= 11 is 0. The average molecular weight is 336 g/mol. The first-order valence-electron chi connectivity index (χ1n) is 9.74. The highest BCUT2D eigenvalue weighted by atomic mass is 16.5. The Morgan fingerprint density at radius 3 is 2.62 bits per heavy atom. The number of likely N-dealkylation sites (tertiary alicyclic amines) is 1. The van der Waals surface area contributed by atoms with Crippen molar-refractivity contribution in [2.24, 2.45) is 17.8 Å². The first-order chi connectivity index (χ1) is 11.6. The van der Waals surface area contributed by atoms with Crippen LogP contribution in [0.3, 0.4) is 0 Å². The Labute approximate surface area is 145 Å². The third-order valence-corrected chi connectivity index (χ3v) is 6.13. The third kappa shape index (κ3) is 3.93. The molecule has 2 unspecified atom stereocenters. The SMILES string of the molecule is CCN(CC1CCOC1)C(=O)C1CC(=O)N(C2CCC(C)CC2)C1. The molecule has 0 aromatic rings. The Morgan fingerprint density at radius 1 is 1.25 bits per heavy atom. The molecule has 3 aliphatic rings. The predicted molar refractivity (Wildman–Crippen MR) is 92.4 cm³/mol. The molecule has 136 valence electrons. The summed E-state index contributed by atoms with van der Waals surface area (Å²) in [5.74, 6) is 1.46. The lowest BCUT2D eigenvalue weighted by molar-refractivity contribution is -0.136. The minimum atomic E-state index is -0.140. The lowest BCUT2D eigenvalue weighted by Crippen LogP contribution is -2.42. The lowest BCUT2D eigenvalue weighted by atomic mass is 9.86. The van der Waals surface area contributed by atoms with Crippen LogP contribution in [0.2, 0.25) is 0 Å². The van der Waals surface area contributed by atoms with E-state index in [1.807, 2.05) is 16.7 Å². The minimum absolute atomic E-state index is 0.140. The number of hydrogen-bond acceptors (Lipinski definition) is 3. The number of nitrogens with zero attached hydrogens (tertiary/aromatic N) is 2. The van der Waals surface area contributed by atoms with E-state index in [9.17, 15) is 9.59 Å². The molecule has 0 bridgehead atoms. The van der Waals surface area contributed by atoms with Crippen molar-refractivity contribution in [2.45, 2.75) is 58.4 Å². The lowest BCUT2D eigenvalue weighted by Gasteiger charge is -2.34. The average Bonchev–Trinajstić information content (AvgIpc) is 3.22. The number of carbonyl (C=O) groups is 2. The Kier molecular flexibility index (Phi) is 5.80. The highest BCUT2D eigenvalue weighted by Crippen LogP contribution is 2.32. The van der Waals surface area contributed by atoms with Gasteiger partial charge in [0.2, 0.25) is 11.8 Å². The minimum Gasteiger partial charge on any atom is -0.381 e. The van der Waals surface area contributed by atoms with Gasteiger partial charge in [-0.25, -0.2) is 0 Å². The fraction of sp³-hybridized carbons (Fsp3) is 0.895. The van der Waals surface area contributed by atoms with Crippen LogP contribution >= 0.6 is 0 Å². The fourth-order valence-electron chi connectivity index (χ4n) is 4.48. The third-order valence-electron chi connectivity index (χ3n) is 6.13. The van der Waals surface area contributed by atoms with Gasteiger partial charge >= 0.3 is 0 Å². The normalized spacial score (nSPS) is 33.9. The van der Waals surface area contributed by atoms with Crippen molar-refractivity contribution in [3.63, 3.8) is 0 Å². The summed E-state index contributed by atoms with van der Waals surface area (Å²) in [6, 6.07) is 0.366. The van der Waals surface area contributed by atoms with Gasteiger partial charge in [-0.15, -0.1) is 0 Å². The maximum Gasteiger partial charge on any atom is 0.227 e. The van der Waals surface area contributed by atoms with Gasteiger partial charge in [-0.05, 0) is 44.9 Å². The van der Waals surface area contributed by atoms with Crippen LogP contribution in [-0.4, -0.2) is 60.5 Å². The number of hydrogen-bond donors (Lipinski definition) is 0. The van der Waals surface area contributed by atoms with Crippen LogP contribution in [0.4, 0.5) is 0 Å². The van der Waals surface area contributed by atoms with Crippen LogP contribution in [0, 0.1) is 17.8 Å². The summed E-state index contributed by atoms with van der Waals surface area (Å²) in [6.45, 7) is 8.03. The van der Waals surface area contributed by atoms with Gasteiger partial charge in [-0.2, -0.15) is 0 Å². The van der Waals surface area contributed by atoms with Crippen molar-refractivity contribution >= 4 is 11.8 Å². The number of rotatable bonds is 5. The van der Waals surface area contributed by atoms with Gasteiger partial charge in [-0.1, -0.05) is 6.92 Å². The van der Waals surface area contributed by atoms with Gasteiger partial charge in [0, 0.05) is 44.6 Å². The molecular weight excluding hydrogens is 304 g/mol. The van der Waals surface area contributed by atoms with E-state index in [2.05, 4.69) is 6.92 Å². The first kappa shape index (κ1) is 17.7. The summed E-state index contributed by atoms with van der Waals surface area (Å²) in [6.07, 6.45) is 6.06. The molecule has 5 nitrogen and oxygen atoms in total. The number of ether oxygens (including phenoxy) is 1. The van der Waals surface area contributed by atoms with Crippen molar-refractivity contribution < 1.29 is 14.3 Å². The predicted octanol–water partition coefficient (Wildman–Crippen LogP) is 2.30. The van der Waals surface area contributed by atoms with Crippen molar-refractivity contribution in [3.8, 4) is 0 Å². The van der Waals surface area contributed by atoms with E-state index >= 15 is 0 Å². The molecule has 2 aliphatic heterocycles. The van der Waals surface area contributed by atoms with Crippen molar-refractivity contribution in [2.75, 3.05) is 32.8 Å². The standard InChI is InChI=1S/C19H32N2O3/c1-3-20(11-15-8-9-24-13-15)19(23)16-10-18(22)21(12-16)17-6-4-14(2)5-7-17/h14-17H,3-13H2,1-2H3. The smallest absolute Gasteiger partial charge is 0.227 e. The topological polar surface area (TPSA) is 49.9 Å². The van der Waals surface area contributed by atoms with E-state index in [0.29, 0.717) is 24.9 Å². The second-order valence-corrected chi connectivity index (χ2v) is 7.97. The molecule has 3 fully saturated rings. The van der Waals surface area contributed by atoms with E-state index < -0.39 is 0 Å². The van der Waals surface area contributed by atoms with Crippen LogP contribution in [0.5, 0.6) is 0 Å². The van der Waals surface area contributed by atoms with E-state index in [1.54, 1.807) is 0 Å². The summed E-state index contributed by atoms with van der Waals surface area (Å²) in [5.41, 5.74) is 0. The fourth-order valence-corrected chi connectivity index (χ4v) is 4.48. The molecule has 5 heteroatoms. The summed E-state index contributed by atoms with van der Waals surface area (Å²) < 4.78 is 5.43.